The van der Waals surface area contributed by atoms with Crippen LogP contribution >= 0.6 is 0 Å². The Balaban J connectivity index is 1.55. The van der Waals surface area contributed by atoms with Gasteiger partial charge in [0.1, 0.15) is 19.6 Å². The lowest BCUT2D eigenvalue weighted by molar-refractivity contribution is -0.928. The molecule has 1 aromatic carbocycles. The maximum Gasteiger partial charge on any atom is 0.257 e. The average Bonchev–Trinajstić information content (AvgIpc) is 3.17. The highest BCUT2D eigenvalue weighted by atomic mass is 16.3. The second kappa shape index (κ2) is 8.84. The molecule has 29 heavy (non-hydrogen) atoms. The molecule has 2 heterocycles. The van der Waals surface area contributed by atoms with Gasteiger partial charge in [0.15, 0.2) is 0 Å². The second-order valence-electron chi connectivity index (χ2n) is 8.12. The molecule has 1 unspecified atom stereocenters. The van der Waals surface area contributed by atoms with Crippen LogP contribution in [0.1, 0.15) is 55.1 Å². The molecule has 1 aliphatic carbocycles. The quantitative estimate of drug-likeness (QED) is 0.550. The van der Waals surface area contributed by atoms with Crippen molar-refractivity contribution in [3.63, 3.8) is 0 Å². The van der Waals surface area contributed by atoms with Crippen LogP contribution in [-0.4, -0.2) is 43.4 Å². The summed E-state index contributed by atoms with van der Waals surface area (Å²) in [6, 6.07) is 8.36. The molecule has 3 aromatic rings. The fraction of sp³-hybridized carbons (Fsp3) is 0.524. The highest BCUT2D eigenvalue weighted by Crippen LogP contribution is 2.27. The van der Waals surface area contributed by atoms with E-state index in [4.69, 9.17) is 0 Å². The predicted octanol–water partition coefficient (Wildman–Crippen LogP) is 0.906. The third-order valence-corrected chi connectivity index (χ3v) is 5.87. The third kappa shape index (κ3) is 4.54. The Morgan fingerprint density at radius 2 is 2.03 bits per heavy atom. The Bertz CT molecular complexity index is 1020. The van der Waals surface area contributed by atoms with Gasteiger partial charge in [-0.3, -0.25) is 4.79 Å². The predicted molar refractivity (Wildman–Crippen MR) is 110 cm³/mol. The highest BCUT2D eigenvalue weighted by Gasteiger charge is 2.23. The Labute approximate surface area is 169 Å². The van der Waals surface area contributed by atoms with E-state index in [1.807, 2.05) is 35.9 Å². The van der Waals surface area contributed by atoms with E-state index in [1.165, 1.54) is 19.3 Å². The molecule has 8 nitrogen and oxygen atoms in total. The van der Waals surface area contributed by atoms with Crippen LogP contribution in [0.25, 0.3) is 10.9 Å². The zero-order chi connectivity index (χ0) is 20.2. The number of aliphatic hydroxyl groups is 1. The molecule has 0 spiro atoms. The van der Waals surface area contributed by atoms with Gasteiger partial charge >= 0.3 is 0 Å². The number of aromatic nitrogens is 5. The topological polar surface area (TPSA) is 101 Å². The van der Waals surface area contributed by atoms with Gasteiger partial charge in [0, 0.05) is 5.52 Å². The number of nitrogens with zero attached hydrogens (tertiary/aromatic N) is 4. The van der Waals surface area contributed by atoms with Gasteiger partial charge in [-0.05, 0) is 53.3 Å². The van der Waals surface area contributed by atoms with Gasteiger partial charge in [-0.25, -0.2) is 4.68 Å². The van der Waals surface area contributed by atoms with Crippen LogP contribution in [0, 0.1) is 6.92 Å². The summed E-state index contributed by atoms with van der Waals surface area (Å²) in [7, 11) is 0. The number of quaternary nitrogens is 1. The number of fused-ring (bicyclic) bond motifs is 1. The smallest absolute Gasteiger partial charge is 0.257 e. The van der Waals surface area contributed by atoms with E-state index >= 15 is 0 Å². The van der Waals surface area contributed by atoms with Crippen molar-refractivity contribution in [3.8, 4) is 0 Å². The summed E-state index contributed by atoms with van der Waals surface area (Å²) in [6.45, 7) is 3.68. The Kier molecular flexibility index (Phi) is 6.01. The zero-order valence-corrected chi connectivity index (χ0v) is 16.9. The molecule has 0 aliphatic heterocycles. The van der Waals surface area contributed by atoms with Crippen LogP contribution in [0.15, 0.2) is 29.1 Å². The third-order valence-electron chi connectivity index (χ3n) is 5.87. The van der Waals surface area contributed by atoms with Crippen LogP contribution in [0.5, 0.6) is 0 Å². The summed E-state index contributed by atoms with van der Waals surface area (Å²) in [5, 5.41) is 23.0. The van der Waals surface area contributed by atoms with Crippen molar-refractivity contribution < 1.29 is 10.0 Å². The first-order valence-corrected chi connectivity index (χ1v) is 10.5. The molecular weight excluding hydrogens is 368 g/mol. The van der Waals surface area contributed by atoms with Crippen molar-refractivity contribution in [3.05, 3.63) is 51.6 Å². The van der Waals surface area contributed by atoms with Crippen LogP contribution in [0.2, 0.25) is 0 Å². The van der Waals surface area contributed by atoms with E-state index < -0.39 is 0 Å². The van der Waals surface area contributed by atoms with E-state index in [1.54, 1.807) is 0 Å². The fourth-order valence-corrected chi connectivity index (χ4v) is 4.32. The van der Waals surface area contributed by atoms with Gasteiger partial charge in [-0.1, -0.05) is 31.4 Å². The maximum atomic E-state index is 12.6. The number of hydrogen-bond acceptors (Lipinski definition) is 5. The summed E-state index contributed by atoms with van der Waals surface area (Å²) < 4.78 is 1.96. The number of H-pyrrole nitrogens is 1. The second-order valence-corrected chi connectivity index (χ2v) is 8.12. The molecule has 0 bridgehead atoms. The minimum absolute atomic E-state index is 0.0466. The van der Waals surface area contributed by atoms with Gasteiger partial charge in [0.05, 0.1) is 18.2 Å². The Morgan fingerprint density at radius 3 is 2.83 bits per heavy atom. The van der Waals surface area contributed by atoms with Crippen LogP contribution in [0.4, 0.5) is 0 Å². The molecule has 0 amide bonds. The molecule has 3 N–H and O–H groups in total. The van der Waals surface area contributed by atoms with E-state index in [0.717, 1.165) is 40.0 Å². The van der Waals surface area contributed by atoms with E-state index in [-0.39, 0.29) is 12.2 Å². The number of nitrogens with one attached hydrogen (secondary N) is 2. The molecule has 1 saturated carbocycles. The first-order valence-electron chi connectivity index (χ1n) is 10.5. The van der Waals surface area contributed by atoms with Crippen molar-refractivity contribution in [2.24, 2.45) is 0 Å². The summed E-state index contributed by atoms with van der Waals surface area (Å²) >= 11 is 0. The minimum atomic E-state index is -0.0783. The van der Waals surface area contributed by atoms with Crippen molar-refractivity contribution >= 4 is 10.9 Å². The monoisotopic (exact) mass is 397 g/mol. The van der Waals surface area contributed by atoms with Gasteiger partial charge in [-0.2, -0.15) is 0 Å². The SMILES string of the molecule is Cc1ccc2cc(C[NH+](CCO)Cc3nnnn3C3CCCCC3)c(=O)[nH]c2c1. The van der Waals surface area contributed by atoms with Gasteiger partial charge in [-0.15, -0.1) is 5.10 Å². The molecule has 1 aliphatic rings. The number of tetrazole rings is 1. The number of aromatic amines is 1. The summed E-state index contributed by atoms with van der Waals surface area (Å²) in [5.74, 6) is 0.827. The van der Waals surface area contributed by atoms with Gasteiger partial charge in [0.2, 0.25) is 5.82 Å². The number of pyridine rings is 1. The van der Waals surface area contributed by atoms with Gasteiger partial charge < -0.3 is 15.0 Å². The van der Waals surface area contributed by atoms with Crippen molar-refractivity contribution in [2.45, 2.75) is 58.2 Å². The maximum absolute atomic E-state index is 12.6. The lowest BCUT2D eigenvalue weighted by atomic mass is 9.95. The van der Waals surface area contributed by atoms with Crippen LogP contribution in [-0.2, 0) is 13.1 Å². The molecule has 4 rings (SSSR count). The first kappa shape index (κ1) is 19.7. The van der Waals surface area contributed by atoms with Crippen molar-refractivity contribution in [1.29, 1.82) is 0 Å². The van der Waals surface area contributed by atoms with E-state index in [2.05, 4.69) is 20.5 Å². The average molecular weight is 398 g/mol. The summed E-state index contributed by atoms with van der Waals surface area (Å²) in [4.78, 5) is 16.7. The van der Waals surface area contributed by atoms with Crippen LogP contribution in [0.3, 0.4) is 0 Å². The molecule has 2 aromatic heterocycles. The van der Waals surface area contributed by atoms with Gasteiger partial charge in [0.25, 0.3) is 5.56 Å². The molecular formula is C21H29N6O2+. The van der Waals surface area contributed by atoms with Crippen LogP contribution < -0.4 is 10.5 Å². The summed E-state index contributed by atoms with van der Waals surface area (Å²) in [5.41, 5.74) is 2.60. The molecule has 1 atom stereocenters. The number of benzene rings is 1. The number of aryl methyl sites for hydroxylation is 1. The lowest BCUT2D eigenvalue weighted by Gasteiger charge is -2.23. The lowest BCUT2D eigenvalue weighted by Crippen LogP contribution is -3.10. The summed E-state index contributed by atoms with van der Waals surface area (Å²) in [6.07, 6.45) is 5.92. The molecule has 154 valence electrons. The molecule has 0 radical (unpaired) electrons. The highest BCUT2D eigenvalue weighted by molar-refractivity contribution is 5.79. The zero-order valence-electron chi connectivity index (χ0n) is 16.9. The Morgan fingerprint density at radius 1 is 1.21 bits per heavy atom. The number of hydrogen-bond donors (Lipinski definition) is 3. The van der Waals surface area contributed by atoms with Crippen molar-refractivity contribution in [2.75, 3.05) is 13.2 Å². The largest absolute Gasteiger partial charge is 0.391 e. The number of rotatable bonds is 7. The molecule has 0 saturated heterocycles. The minimum Gasteiger partial charge on any atom is -0.391 e. The standard InChI is InChI=1S/C21H28N6O2/c1-15-7-8-16-12-17(21(29)22-19(16)11-15)13-26(9-10-28)14-20-23-24-25-27(20)18-5-3-2-4-6-18/h7-8,11-12,18,28H,2-6,9-10,13-14H2,1H3,(H,22,29)/p+1. The first-order chi connectivity index (χ1) is 14.1. The fourth-order valence-electron chi connectivity index (χ4n) is 4.32. The molecule has 1 fully saturated rings. The number of aliphatic hydroxyl groups excluding tert-OH is 1. The van der Waals surface area contributed by atoms with E-state index in [9.17, 15) is 9.90 Å². The Hall–Kier alpha value is -2.58. The normalized spacial score (nSPS) is 16.3. The van der Waals surface area contributed by atoms with E-state index in [0.29, 0.717) is 31.2 Å². The van der Waals surface area contributed by atoms with Crippen molar-refractivity contribution in [1.82, 2.24) is 25.2 Å². The molecule has 8 heteroatoms.